The van der Waals surface area contributed by atoms with E-state index >= 15 is 0 Å². The van der Waals surface area contributed by atoms with Crippen molar-refractivity contribution in [2.45, 2.75) is 64.8 Å². The summed E-state index contributed by atoms with van der Waals surface area (Å²) in [6, 6.07) is 2.89. The van der Waals surface area contributed by atoms with Crippen LogP contribution in [0.5, 0.6) is 0 Å². The molecule has 1 aromatic heterocycles. The van der Waals surface area contributed by atoms with Gasteiger partial charge in [-0.05, 0) is 63.2 Å². The summed E-state index contributed by atoms with van der Waals surface area (Å²) in [5.41, 5.74) is 3.84. The Labute approximate surface area is 182 Å². The third kappa shape index (κ3) is 5.17. The molecule has 0 unspecified atom stereocenters. The number of aromatic nitrogens is 1. The van der Waals surface area contributed by atoms with E-state index in [2.05, 4.69) is 29.4 Å². The molecule has 5 nitrogen and oxygen atoms in total. The Kier molecular flexibility index (Phi) is 7.32. The first-order valence-electron chi connectivity index (χ1n) is 12.1. The molecule has 0 radical (unpaired) electrons. The van der Waals surface area contributed by atoms with Crippen LogP contribution >= 0.6 is 0 Å². The van der Waals surface area contributed by atoms with Crippen LogP contribution in [0.15, 0.2) is 12.1 Å². The molecule has 0 atom stereocenters. The van der Waals surface area contributed by atoms with E-state index in [-0.39, 0.29) is 5.91 Å². The van der Waals surface area contributed by atoms with Gasteiger partial charge in [0.05, 0.1) is 13.2 Å². The van der Waals surface area contributed by atoms with Crippen LogP contribution in [0.4, 0.5) is 0 Å². The fourth-order valence-electron chi connectivity index (χ4n) is 5.62. The van der Waals surface area contributed by atoms with Gasteiger partial charge in [-0.2, -0.15) is 0 Å². The van der Waals surface area contributed by atoms with Crippen molar-refractivity contribution >= 4 is 12.0 Å². The van der Waals surface area contributed by atoms with Gasteiger partial charge in [-0.1, -0.05) is 19.3 Å². The predicted octanol–water partition coefficient (Wildman–Crippen LogP) is 4.19. The molecule has 0 N–H and O–H groups in total. The molecule has 4 rings (SSSR count). The molecule has 1 saturated carbocycles. The van der Waals surface area contributed by atoms with Crippen LogP contribution in [0.1, 0.15) is 67.9 Å². The molecular formula is C25H39N3O2. The van der Waals surface area contributed by atoms with Gasteiger partial charge in [0.2, 0.25) is 5.91 Å². The highest BCUT2D eigenvalue weighted by atomic mass is 16.5. The number of ether oxygens (including phenoxy) is 1. The first kappa shape index (κ1) is 21.6. The average molecular weight is 414 g/mol. The summed E-state index contributed by atoms with van der Waals surface area (Å²) >= 11 is 0. The Balaban J connectivity index is 1.30. The van der Waals surface area contributed by atoms with E-state index < -0.39 is 0 Å². The van der Waals surface area contributed by atoms with Crippen molar-refractivity contribution in [3.05, 3.63) is 29.1 Å². The maximum atomic E-state index is 12.8. The standard InChI is InChI=1S/C25H39N3O2/c1-20-18-23(21(2)28(20)24-6-4-3-5-7-24)8-9-25(29)27-12-10-22(11-13-27)19-26-14-16-30-17-15-26/h8-9,18,22,24H,3-7,10-17,19H2,1-2H3/b9-8+. The predicted molar refractivity (Wildman–Crippen MR) is 122 cm³/mol. The molecule has 5 heteroatoms. The smallest absolute Gasteiger partial charge is 0.246 e. The lowest BCUT2D eigenvalue weighted by Crippen LogP contribution is -2.43. The van der Waals surface area contributed by atoms with Gasteiger partial charge in [-0.15, -0.1) is 0 Å². The Bertz CT molecular complexity index is 734. The van der Waals surface area contributed by atoms with Gasteiger partial charge in [0, 0.05) is 56.2 Å². The minimum atomic E-state index is 0.169. The summed E-state index contributed by atoms with van der Waals surface area (Å²) in [4.78, 5) is 17.3. The minimum absolute atomic E-state index is 0.169. The van der Waals surface area contributed by atoms with Crippen molar-refractivity contribution in [1.29, 1.82) is 0 Å². The average Bonchev–Trinajstić information content (AvgIpc) is 3.07. The number of nitrogens with zero attached hydrogens (tertiary/aromatic N) is 3. The van der Waals surface area contributed by atoms with E-state index in [9.17, 15) is 4.79 Å². The van der Waals surface area contributed by atoms with Gasteiger partial charge >= 0.3 is 0 Å². The van der Waals surface area contributed by atoms with Gasteiger partial charge < -0.3 is 14.2 Å². The maximum Gasteiger partial charge on any atom is 0.246 e. The SMILES string of the molecule is Cc1cc(/C=C/C(=O)N2CCC(CN3CCOCC3)CC2)c(C)n1C1CCCCC1. The van der Waals surface area contributed by atoms with Crippen LogP contribution in [0.25, 0.3) is 6.08 Å². The van der Waals surface area contributed by atoms with Crippen LogP contribution in [-0.2, 0) is 9.53 Å². The van der Waals surface area contributed by atoms with E-state index in [1.165, 1.54) is 49.1 Å². The van der Waals surface area contributed by atoms with Crippen molar-refractivity contribution < 1.29 is 9.53 Å². The second-order valence-corrected chi connectivity index (χ2v) is 9.50. The van der Waals surface area contributed by atoms with E-state index in [1.807, 2.05) is 11.0 Å². The number of hydrogen-bond acceptors (Lipinski definition) is 3. The lowest BCUT2D eigenvalue weighted by atomic mass is 9.95. The summed E-state index contributed by atoms with van der Waals surface area (Å²) in [5, 5.41) is 0. The number of amides is 1. The Morgan fingerprint density at radius 3 is 2.43 bits per heavy atom. The number of piperidine rings is 1. The number of morpholine rings is 1. The molecule has 30 heavy (non-hydrogen) atoms. The molecule has 0 aromatic carbocycles. The Morgan fingerprint density at radius 2 is 1.73 bits per heavy atom. The number of likely N-dealkylation sites (tertiary alicyclic amines) is 1. The molecule has 2 saturated heterocycles. The number of aryl methyl sites for hydroxylation is 1. The normalized spacial score (nSPS) is 22.8. The molecule has 1 aliphatic carbocycles. The Hall–Kier alpha value is -1.59. The lowest BCUT2D eigenvalue weighted by Gasteiger charge is -2.35. The van der Waals surface area contributed by atoms with Crippen molar-refractivity contribution in [3.8, 4) is 0 Å². The van der Waals surface area contributed by atoms with E-state index in [0.29, 0.717) is 12.0 Å². The molecular weight excluding hydrogens is 374 g/mol. The molecule has 1 aromatic rings. The van der Waals surface area contributed by atoms with Crippen molar-refractivity contribution in [3.63, 3.8) is 0 Å². The quantitative estimate of drug-likeness (QED) is 0.679. The molecule has 3 fully saturated rings. The van der Waals surface area contributed by atoms with E-state index in [1.54, 1.807) is 6.08 Å². The van der Waals surface area contributed by atoms with Crippen molar-refractivity contribution in [2.75, 3.05) is 45.9 Å². The fraction of sp³-hybridized carbons (Fsp3) is 0.720. The van der Waals surface area contributed by atoms with Crippen molar-refractivity contribution in [2.24, 2.45) is 5.92 Å². The zero-order valence-corrected chi connectivity index (χ0v) is 18.9. The van der Waals surface area contributed by atoms with Gasteiger partial charge in [0.25, 0.3) is 0 Å². The molecule has 0 bridgehead atoms. The molecule has 2 aliphatic heterocycles. The monoisotopic (exact) mass is 413 g/mol. The zero-order valence-electron chi connectivity index (χ0n) is 18.9. The van der Waals surface area contributed by atoms with E-state index in [4.69, 9.17) is 4.74 Å². The van der Waals surface area contributed by atoms with E-state index in [0.717, 1.165) is 58.8 Å². The molecule has 1 amide bonds. The highest BCUT2D eigenvalue weighted by Crippen LogP contribution is 2.32. The summed E-state index contributed by atoms with van der Waals surface area (Å²) in [5.74, 6) is 0.882. The first-order chi connectivity index (χ1) is 14.6. The van der Waals surface area contributed by atoms with Crippen LogP contribution < -0.4 is 0 Å². The minimum Gasteiger partial charge on any atom is -0.379 e. The largest absolute Gasteiger partial charge is 0.379 e. The zero-order chi connectivity index (χ0) is 20.9. The van der Waals surface area contributed by atoms with Crippen LogP contribution in [0.2, 0.25) is 0 Å². The number of carbonyl (C=O) groups excluding carboxylic acids is 1. The number of rotatable bonds is 5. The van der Waals surface area contributed by atoms with Gasteiger partial charge in [0.1, 0.15) is 0 Å². The number of hydrogen-bond donors (Lipinski definition) is 0. The van der Waals surface area contributed by atoms with Crippen LogP contribution in [0.3, 0.4) is 0 Å². The molecule has 3 aliphatic rings. The molecule has 166 valence electrons. The second-order valence-electron chi connectivity index (χ2n) is 9.50. The van der Waals surface area contributed by atoms with Crippen LogP contribution in [0, 0.1) is 19.8 Å². The van der Waals surface area contributed by atoms with Crippen LogP contribution in [-0.4, -0.2) is 66.2 Å². The maximum absolute atomic E-state index is 12.8. The highest BCUT2D eigenvalue weighted by molar-refractivity contribution is 5.92. The first-order valence-corrected chi connectivity index (χ1v) is 12.1. The van der Waals surface area contributed by atoms with Gasteiger partial charge in [-0.3, -0.25) is 9.69 Å². The lowest BCUT2D eigenvalue weighted by molar-refractivity contribution is -0.127. The van der Waals surface area contributed by atoms with Crippen molar-refractivity contribution in [1.82, 2.24) is 14.4 Å². The summed E-state index contributed by atoms with van der Waals surface area (Å²) in [6.07, 6.45) is 12.7. The third-order valence-corrected chi connectivity index (χ3v) is 7.42. The third-order valence-electron chi connectivity index (χ3n) is 7.42. The van der Waals surface area contributed by atoms with Gasteiger partial charge in [0.15, 0.2) is 0 Å². The fourth-order valence-corrected chi connectivity index (χ4v) is 5.62. The Morgan fingerprint density at radius 1 is 1.03 bits per heavy atom. The number of carbonyl (C=O) groups is 1. The second kappa shape index (κ2) is 10.1. The molecule has 0 spiro atoms. The van der Waals surface area contributed by atoms with Gasteiger partial charge in [-0.25, -0.2) is 0 Å². The summed E-state index contributed by atoms with van der Waals surface area (Å²) in [7, 11) is 0. The molecule has 3 heterocycles. The summed E-state index contributed by atoms with van der Waals surface area (Å²) < 4.78 is 7.96. The highest BCUT2D eigenvalue weighted by Gasteiger charge is 2.24. The topological polar surface area (TPSA) is 37.7 Å². The summed E-state index contributed by atoms with van der Waals surface area (Å²) in [6.45, 7) is 11.2.